The Morgan fingerprint density at radius 2 is 2.32 bits per heavy atom. The molecule has 0 spiro atoms. The summed E-state index contributed by atoms with van der Waals surface area (Å²) in [6, 6.07) is 2.48. The molecule has 0 bridgehead atoms. The molecule has 1 fully saturated rings. The van der Waals surface area contributed by atoms with Gasteiger partial charge in [-0.15, -0.1) is 10.2 Å². The molecule has 1 N–H and O–H groups in total. The van der Waals surface area contributed by atoms with Crippen molar-refractivity contribution in [3.8, 4) is 6.07 Å². The zero-order chi connectivity index (χ0) is 13.7. The summed E-state index contributed by atoms with van der Waals surface area (Å²) in [5.74, 6) is 0. The zero-order valence-electron chi connectivity index (χ0n) is 11.2. The number of hydrogen-bond donors (Lipinski definition) is 1. The first kappa shape index (κ1) is 15.1. The molecule has 19 heavy (non-hydrogen) atoms. The fraction of sp³-hybridized carbons (Fsp3) is 0.750. The molecule has 2 unspecified atom stereocenters. The van der Waals surface area contributed by atoms with Crippen LogP contribution in [0.25, 0.3) is 0 Å². The predicted octanol–water partition coefficient (Wildman–Crippen LogP) is 3.17. The molecule has 4 nitrogen and oxygen atoms in total. The summed E-state index contributed by atoms with van der Waals surface area (Å²) >= 11 is 5.05. The molecule has 0 radical (unpaired) electrons. The van der Waals surface area contributed by atoms with E-state index in [4.69, 9.17) is 0 Å². The number of nitrogens with one attached hydrogen (secondary N) is 1. The lowest BCUT2D eigenvalue weighted by Crippen LogP contribution is -2.42. The number of nitrogens with zero attached hydrogens (tertiary/aromatic N) is 3. The van der Waals surface area contributed by atoms with Crippen LogP contribution in [0, 0.1) is 11.3 Å². The Balaban J connectivity index is 1.92. The lowest BCUT2D eigenvalue weighted by molar-refractivity contribution is 0.424. The Labute approximate surface area is 126 Å². The summed E-state index contributed by atoms with van der Waals surface area (Å²) < 4.78 is 2.04. The van der Waals surface area contributed by atoms with E-state index in [1.807, 2.05) is 6.26 Å². The SMILES string of the molecule is CCCNC1(C#N)CCC(Sc2nnc(SC)s2)C1. The Bertz CT molecular complexity index is 456. The fourth-order valence-corrected chi connectivity index (χ4v) is 5.21. The van der Waals surface area contributed by atoms with Gasteiger partial charge in [0.25, 0.3) is 0 Å². The Morgan fingerprint density at radius 3 is 2.95 bits per heavy atom. The number of aromatic nitrogens is 2. The van der Waals surface area contributed by atoms with Gasteiger partial charge in [-0.05, 0) is 38.5 Å². The highest BCUT2D eigenvalue weighted by Gasteiger charge is 2.39. The maximum absolute atomic E-state index is 9.42. The number of hydrogen-bond acceptors (Lipinski definition) is 7. The highest BCUT2D eigenvalue weighted by molar-refractivity contribution is 8.03. The van der Waals surface area contributed by atoms with Crippen molar-refractivity contribution >= 4 is 34.9 Å². The molecule has 1 aliphatic carbocycles. The van der Waals surface area contributed by atoms with Crippen LogP contribution in [0.1, 0.15) is 32.6 Å². The number of thioether (sulfide) groups is 2. The van der Waals surface area contributed by atoms with Gasteiger partial charge in [0.05, 0.1) is 6.07 Å². The molecule has 7 heteroatoms. The molecule has 104 valence electrons. The van der Waals surface area contributed by atoms with Gasteiger partial charge in [-0.25, -0.2) is 0 Å². The molecular formula is C12H18N4S3. The first-order chi connectivity index (χ1) is 9.21. The van der Waals surface area contributed by atoms with Gasteiger partial charge in [0, 0.05) is 5.25 Å². The average Bonchev–Trinajstić information content (AvgIpc) is 3.05. The van der Waals surface area contributed by atoms with Crippen molar-refractivity contribution in [3.63, 3.8) is 0 Å². The molecule has 1 saturated carbocycles. The summed E-state index contributed by atoms with van der Waals surface area (Å²) in [4.78, 5) is 0. The second-order valence-corrected chi connectivity index (χ2v) is 8.22. The lowest BCUT2D eigenvalue weighted by atomic mass is 10.00. The van der Waals surface area contributed by atoms with Crippen molar-refractivity contribution < 1.29 is 0 Å². The van der Waals surface area contributed by atoms with E-state index in [2.05, 4.69) is 28.5 Å². The van der Waals surface area contributed by atoms with Gasteiger partial charge in [-0.2, -0.15) is 5.26 Å². The minimum atomic E-state index is -0.319. The van der Waals surface area contributed by atoms with E-state index in [1.165, 1.54) is 0 Å². The van der Waals surface area contributed by atoms with E-state index in [9.17, 15) is 5.26 Å². The fourth-order valence-electron chi connectivity index (χ4n) is 2.24. The molecule has 0 aliphatic heterocycles. The van der Waals surface area contributed by atoms with Crippen LogP contribution in [0.2, 0.25) is 0 Å². The summed E-state index contributed by atoms with van der Waals surface area (Å²) in [6.07, 6.45) is 6.00. The van der Waals surface area contributed by atoms with E-state index in [0.29, 0.717) is 5.25 Å². The van der Waals surface area contributed by atoms with E-state index in [1.54, 1.807) is 34.9 Å². The normalized spacial score (nSPS) is 26.5. The Hall–Kier alpha value is -0.290. The van der Waals surface area contributed by atoms with E-state index < -0.39 is 0 Å². The van der Waals surface area contributed by atoms with Crippen LogP contribution in [0.5, 0.6) is 0 Å². The van der Waals surface area contributed by atoms with Crippen molar-refractivity contribution in [1.82, 2.24) is 15.5 Å². The molecule has 0 amide bonds. The van der Waals surface area contributed by atoms with Gasteiger partial charge >= 0.3 is 0 Å². The van der Waals surface area contributed by atoms with E-state index in [0.717, 1.165) is 40.9 Å². The zero-order valence-corrected chi connectivity index (χ0v) is 13.6. The molecule has 2 atom stereocenters. The van der Waals surface area contributed by atoms with Gasteiger partial charge in [-0.3, -0.25) is 5.32 Å². The van der Waals surface area contributed by atoms with E-state index in [-0.39, 0.29) is 5.54 Å². The minimum Gasteiger partial charge on any atom is -0.299 e. The summed E-state index contributed by atoms with van der Waals surface area (Å²) in [6.45, 7) is 3.05. The second-order valence-electron chi connectivity index (χ2n) is 4.64. The van der Waals surface area contributed by atoms with Crippen LogP contribution in [0.3, 0.4) is 0 Å². The standard InChI is InChI=1S/C12H18N4S3/c1-3-6-14-12(8-13)5-4-9(7-12)18-11-16-15-10(17-2)19-11/h9,14H,3-7H2,1-2H3. The molecule has 1 aliphatic rings. The topological polar surface area (TPSA) is 61.6 Å². The Kier molecular flexibility index (Phi) is 5.51. The highest BCUT2D eigenvalue weighted by Crippen LogP contribution is 2.41. The minimum absolute atomic E-state index is 0.319. The summed E-state index contributed by atoms with van der Waals surface area (Å²) in [7, 11) is 0. The van der Waals surface area contributed by atoms with Gasteiger partial charge < -0.3 is 0 Å². The quantitative estimate of drug-likeness (QED) is 0.814. The predicted molar refractivity (Wildman–Crippen MR) is 81.8 cm³/mol. The third-order valence-corrected chi connectivity index (χ3v) is 6.48. The molecule has 0 saturated heterocycles. The smallest absolute Gasteiger partial charge is 0.175 e. The summed E-state index contributed by atoms with van der Waals surface area (Å²) in [5, 5.41) is 21.6. The van der Waals surface area contributed by atoms with Gasteiger partial charge in [0.2, 0.25) is 0 Å². The van der Waals surface area contributed by atoms with Crippen molar-refractivity contribution in [3.05, 3.63) is 0 Å². The Morgan fingerprint density at radius 1 is 1.53 bits per heavy atom. The van der Waals surface area contributed by atoms with Crippen molar-refractivity contribution in [2.75, 3.05) is 12.8 Å². The molecule has 1 aromatic rings. The van der Waals surface area contributed by atoms with Crippen molar-refractivity contribution in [1.29, 1.82) is 5.26 Å². The molecular weight excluding hydrogens is 296 g/mol. The van der Waals surface area contributed by atoms with Crippen LogP contribution in [0.15, 0.2) is 8.68 Å². The van der Waals surface area contributed by atoms with Gasteiger partial charge in [-0.1, -0.05) is 41.8 Å². The average molecular weight is 315 g/mol. The first-order valence-electron chi connectivity index (χ1n) is 6.42. The van der Waals surface area contributed by atoms with Crippen LogP contribution < -0.4 is 5.32 Å². The number of nitriles is 1. The van der Waals surface area contributed by atoms with Crippen molar-refractivity contribution in [2.24, 2.45) is 0 Å². The third-order valence-electron chi connectivity index (χ3n) is 3.23. The highest BCUT2D eigenvalue weighted by atomic mass is 32.2. The van der Waals surface area contributed by atoms with Crippen LogP contribution >= 0.6 is 34.9 Å². The maximum atomic E-state index is 9.42. The van der Waals surface area contributed by atoms with Crippen LogP contribution in [-0.2, 0) is 0 Å². The summed E-state index contributed by atoms with van der Waals surface area (Å²) in [5.41, 5.74) is -0.319. The lowest BCUT2D eigenvalue weighted by Gasteiger charge is -2.22. The second kappa shape index (κ2) is 6.93. The molecule has 1 heterocycles. The largest absolute Gasteiger partial charge is 0.299 e. The number of rotatable bonds is 6. The van der Waals surface area contributed by atoms with E-state index >= 15 is 0 Å². The van der Waals surface area contributed by atoms with Gasteiger partial charge in [0.1, 0.15) is 5.54 Å². The maximum Gasteiger partial charge on any atom is 0.175 e. The monoisotopic (exact) mass is 314 g/mol. The van der Waals surface area contributed by atoms with Crippen molar-refractivity contribution in [2.45, 2.75) is 52.1 Å². The first-order valence-corrected chi connectivity index (χ1v) is 9.34. The molecule has 0 aromatic carbocycles. The van der Waals surface area contributed by atoms with Gasteiger partial charge in [0.15, 0.2) is 8.68 Å². The third kappa shape index (κ3) is 3.85. The molecule has 2 rings (SSSR count). The molecule has 1 aromatic heterocycles. The van der Waals surface area contributed by atoms with Crippen LogP contribution in [-0.4, -0.2) is 33.8 Å². The van der Waals surface area contributed by atoms with Crippen LogP contribution in [0.4, 0.5) is 0 Å².